The highest BCUT2D eigenvalue weighted by Crippen LogP contribution is 2.17. The predicted octanol–water partition coefficient (Wildman–Crippen LogP) is 3.45. The minimum atomic E-state index is -0.460. The second-order valence-corrected chi connectivity index (χ2v) is 5.59. The second kappa shape index (κ2) is 7.44. The van der Waals surface area contributed by atoms with Gasteiger partial charge in [-0.05, 0) is 29.7 Å². The van der Waals surface area contributed by atoms with Crippen LogP contribution in [-0.2, 0) is 11.2 Å². The zero-order valence-electron chi connectivity index (χ0n) is 13.4. The zero-order valence-corrected chi connectivity index (χ0v) is 13.4. The van der Waals surface area contributed by atoms with E-state index >= 15 is 0 Å². The molecule has 1 aromatic heterocycles. The van der Waals surface area contributed by atoms with E-state index in [4.69, 9.17) is 0 Å². The molecule has 0 bridgehead atoms. The number of hydrogen-bond donors (Lipinski definition) is 2. The Morgan fingerprint density at radius 2 is 2.04 bits per heavy atom. The maximum atomic E-state index is 11.9. The van der Waals surface area contributed by atoms with Gasteiger partial charge in [0.25, 0.3) is 5.69 Å². The van der Waals surface area contributed by atoms with Crippen molar-refractivity contribution in [1.82, 2.24) is 10.3 Å². The fraction of sp³-hybridized carbons (Fsp3) is 0.105. The molecule has 2 N–H and O–H groups in total. The molecule has 126 valence electrons. The number of fused-ring (bicyclic) bond motifs is 1. The number of benzene rings is 2. The van der Waals surface area contributed by atoms with E-state index in [1.165, 1.54) is 18.2 Å². The molecule has 1 heterocycles. The van der Waals surface area contributed by atoms with Gasteiger partial charge in [0.2, 0.25) is 5.91 Å². The van der Waals surface area contributed by atoms with E-state index < -0.39 is 4.92 Å². The Bertz CT molecular complexity index is 944. The van der Waals surface area contributed by atoms with Crippen molar-refractivity contribution in [3.05, 3.63) is 82.0 Å². The number of amides is 1. The lowest BCUT2D eigenvalue weighted by atomic mass is 10.1. The molecule has 2 aromatic carbocycles. The lowest BCUT2D eigenvalue weighted by Crippen LogP contribution is -2.23. The first-order valence-corrected chi connectivity index (χ1v) is 7.89. The number of nitrogens with one attached hydrogen (secondary N) is 2. The molecule has 1 amide bonds. The van der Waals surface area contributed by atoms with Gasteiger partial charge in [0, 0.05) is 41.9 Å². The van der Waals surface area contributed by atoms with E-state index in [1.807, 2.05) is 30.5 Å². The summed E-state index contributed by atoms with van der Waals surface area (Å²) in [6.45, 7) is 0.514. The number of carbonyl (C=O) groups excluding carboxylic acids is 1. The number of para-hydroxylation sites is 1. The van der Waals surface area contributed by atoms with Gasteiger partial charge in [-0.3, -0.25) is 14.9 Å². The summed E-state index contributed by atoms with van der Waals surface area (Å²) in [6, 6.07) is 14.2. The van der Waals surface area contributed by atoms with E-state index in [0.717, 1.165) is 22.9 Å². The third-order valence-corrected chi connectivity index (χ3v) is 3.88. The average Bonchev–Trinajstić information content (AvgIpc) is 3.03. The lowest BCUT2D eigenvalue weighted by Gasteiger charge is -2.02. The summed E-state index contributed by atoms with van der Waals surface area (Å²) in [5.41, 5.74) is 2.84. The third-order valence-electron chi connectivity index (χ3n) is 3.88. The number of rotatable bonds is 6. The minimum absolute atomic E-state index is 0.00175. The first kappa shape index (κ1) is 16.4. The number of carbonyl (C=O) groups is 1. The van der Waals surface area contributed by atoms with Gasteiger partial charge in [-0.2, -0.15) is 0 Å². The van der Waals surface area contributed by atoms with Gasteiger partial charge in [0.05, 0.1) is 4.92 Å². The second-order valence-electron chi connectivity index (χ2n) is 5.59. The van der Waals surface area contributed by atoms with E-state index in [-0.39, 0.29) is 11.6 Å². The predicted molar refractivity (Wildman–Crippen MR) is 97.1 cm³/mol. The molecule has 0 saturated carbocycles. The van der Waals surface area contributed by atoms with Crippen molar-refractivity contribution in [1.29, 1.82) is 0 Å². The van der Waals surface area contributed by atoms with Crippen LogP contribution in [0.25, 0.3) is 17.0 Å². The molecule has 6 nitrogen and oxygen atoms in total. The largest absolute Gasteiger partial charge is 0.361 e. The fourth-order valence-corrected chi connectivity index (χ4v) is 2.63. The van der Waals surface area contributed by atoms with Crippen LogP contribution in [0.4, 0.5) is 5.69 Å². The highest BCUT2D eigenvalue weighted by molar-refractivity contribution is 5.91. The smallest absolute Gasteiger partial charge is 0.270 e. The van der Waals surface area contributed by atoms with Crippen molar-refractivity contribution in [3.8, 4) is 0 Å². The van der Waals surface area contributed by atoms with Crippen LogP contribution in [-0.4, -0.2) is 22.4 Å². The average molecular weight is 335 g/mol. The Labute approximate surface area is 144 Å². The molecule has 25 heavy (non-hydrogen) atoms. The summed E-state index contributed by atoms with van der Waals surface area (Å²) in [6.07, 6.45) is 5.62. The molecule has 0 fully saturated rings. The molecule has 3 aromatic rings. The van der Waals surface area contributed by atoms with Gasteiger partial charge in [-0.1, -0.05) is 30.3 Å². The normalized spacial score (nSPS) is 11.0. The number of hydrogen-bond acceptors (Lipinski definition) is 3. The molecule has 3 rings (SSSR count). The maximum absolute atomic E-state index is 11.9. The number of non-ortho nitro benzene ring substituents is 1. The molecule has 6 heteroatoms. The summed E-state index contributed by atoms with van der Waals surface area (Å²) in [7, 11) is 0. The number of nitrogens with zero attached hydrogens (tertiary/aromatic N) is 1. The molecule has 0 aliphatic heterocycles. The van der Waals surface area contributed by atoms with Gasteiger partial charge >= 0.3 is 0 Å². The minimum Gasteiger partial charge on any atom is -0.361 e. The summed E-state index contributed by atoms with van der Waals surface area (Å²) in [5.74, 6) is -0.230. The van der Waals surface area contributed by atoms with Crippen LogP contribution in [0.1, 0.15) is 11.1 Å². The number of nitro groups is 1. The van der Waals surface area contributed by atoms with Crippen molar-refractivity contribution < 1.29 is 9.72 Å². The molecular weight excluding hydrogens is 318 g/mol. The van der Waals surface area contributed by atoms with Crippen molar-refractivity contribution in [2.45, 2.75) is 6.42 Å². The fourth-order valence-electron chi connectivity index (χ4n) is 2.63. The summed E-state index contributed by atoms with van der Waals surface area (Å²) in [5, 5.41) is 14.7. The van der Waals surface area contributed by atoms with Crippen LogP contribution >= 0.6 is 0 Å². The Balaban J connectivity index is 1.54. The summed E-state index contributed by atoms with van der Waals surface area (Å²) >= 11 is 0. The Morgan fingerprint density at radius 1 is 1.20 bits per heavy atom. The summed E-state index contributed by atoms with van der Waals surface area (Å²) in [4.78, 5) is 25.4. The van der Waals surface area contributed by atoms with E-state index in [2.05, 4.69) is 10.3 Å². The molecule has 0 atom stereocenters. The molecule has 0 aliphatic rings. The first-order chi connectivity index (χ1) is 12.1. The van der Waals surface area contributed by atoms with Crippen LogP contribution in [0.2, 0.25) is 0 Å². The van der Waals surface area contributed by atoms with Gasteiger partial charge < -0.3 is 10.3 Å². The first-order valence-electron chi connectivity index (χ1n) is 7.89. The molecule has 0 aliphatic carbocycles. The van der Waals surface area contributed by atoms with Gasteiger partial charge in [0.1, 0.15) is 0 Å². The van der Waals surface area contributed by atoms with Crippen molar-refractivity contribution >= 4 is 28.6 Å². The van der Waals surface area contributed by atoms with E-state index in [0.29, 0.717) is 12.1 Å². The van der Waals surface area contributed by atoms with Crippen LogP contribution in [0.3, 0.4) is 0 Å². The van der Waals surface area contributed by atoms with Crippen LogP contribution in [0.15, 0.2) is 60.8 Å². The number of aromatic nitrogens is 1. The Kier molecular flexibility index (Phi) is 4.89. The van der Waals surface area contributed by atoms with Gasteiger partial charge in [-0.15, -0.1) is 0 Å². The maximum Gasteiger partial charge on any atom is 0.270 e. The van der Waals surface area contributed by atoms with Crippen molar-refractivity contribution in [3.63, 3.8) is 0 Å². The SMILES string of the molecule is O=C(/C=C/c1cccc([N+](=O)[O-])c1)NCCc1c[nH]c2ccccc12. The Morgan fingerprint density at radius 3 is 2.88 bits per heavy atom. The van der Waals surface area contributed by atoms with Crippen LogP contribution in [0.5, 0.6) is 0 Å². The number of nitro benzene ring substituents is 1. The lowest BCUT2D eigenvalue weighted by molar-refractivity contribution is -0.384. The van der Waals surface area contributed by atoms with Gasteiger partial charge in [0.15, 0.2) is 0 Å². The van der Waals surface area contributed by atoms with Crippen molar-refractivity contribution in [2.75, 3.05) is 6.54 Å². The third kappa shape index (κ3) is 4.11. The molecule has 0 radical (unpaired) electrons. The van der Waals surface area contributed by atoms with E-state index in [9.17, 15) is 14.9 Å². The topological polar surface area (TPSA) is 88.0 Å². The molecule has 0 spiro atoms. The highest BCUT2D eigenvalue weighted by atomic mass is 16.6. The van der Waals surface area contributed by atoms with Crippen molar-refractivity contribution in [2.24, 2.45) is 0 Å². The zero-order chi connectivity index (χ0) is 17.6. The Hall–Kier alpha value is -3.41. The monoisotopic (exact) mass is 335 g/mol. The molecule has 0 unspecified atom stereocenters. The quantitative estimate of drug-likeness (QED) is 0.411. The van der Waals surface area contributed by atoms with Gasteiger partial charge in [-0.25, -0.2) is 0 Å². The van der Waals surface area contributed by atoms with Crippen LogP contribution in [0, 0.1) is 10.1 Å². The number of H-pyrrole nitrogens is 1. The standard InChI is InChI=1S/C19H17N3O3/c23-19(9-8-14-4-3-5-16(12-14)22(24)25)20-11-10-15-13-21-18-7-2-1-6-17(15)18/h1-9,12-13,21H,10-11H2,(H,20,23)/b9-8+. The molecular formula is C19H17N3O3. The number of aromatic amines is 1. The highest BCUT2D eigenvalue weighted by Gasteiger charge is 2.05. The summed E-state index contributed by atoms with van der Waals surface area (Å²) < 4.78 is 0. The molecule has 0 saturated heterocycles. The van der Waals surface area contributed by atoms with E-state index in [1.54, 1.807) is 18.2 Å². The van der Waals surface area contributed by atoms with Crippen LogP contribution < -0.4 is 5.32 Å².